The fourth-order valence-electron chi connectivity index (χ4n) is 3.88. The van der Waals surface area contributed by atoms with Crippen LogP contribution in [0.25, 0.3) is 10.9 Å². The van der Waals surface area contributed by atoms with Gasteiger partial charge in [-0.2, -0.15) is 0 Å². The van der Waals surface area contributed by atoms with Crippen LogP contribution in [-0.4, -0.2) is 40.7 Å². The number of benzene rings is 2. The molecule has 0 aliphatic carbocycles. The molecule has 8 heteroatoms. The van der Waals surface area contributed by atoms with Crippen molar-refractivity contribution in [2.24, 2.45) is 5.92 Å². The molecule has 0 atom stereocenters. The molecule has 0 saturated carbocycles. The maximum Gasteiger partial charge on any atom is 0.317 e. The third-order valence-electron chi connectivity index (χ3n) is 5.75. The highest BCUT2D eigenvalue weighted by Gasteiger charge is 2.23. The van der Waals surface area contributed by atoms with Crippen molar-refractivity contribution in [2.75, 3.05) is 20.2 Å². The number of nitrogens with one attached hydrogen (secondary N) is 1. The van der Waals surface area contributed by atoms with Gasteiger partial charge in [-0.3, -0.25) is 9.36 Å². The van der Waals surface area contributed by atoms with Crippen molar-refractivity contribution >= 4 is 16.9 Å². The Hall–Kier alpha value is -3.42. The van der Waals surface area contributed by atoms with Gasteiger partial charge in [-0.25, -0.2) is 14.2 Å². The fraction of sp³-hybridized carbons (Fsp3) is 0.348. The lowest BCUT2D eigenvalue weighted by molar-refractivity contribution is 0.165. The van der Waals surface area contributed by atoms with Gasteiger partial charge in [0.15, 0.2) is 0 Å². The number of nitrogens with zero attached hydrogens (tertiary/aromatic N) is 3. The van der Waals surface area contributed by atoms with E-state index in [-0.39, 0.29) is 17.4 Å². The van der Waals surface area contributed by atoms with Crippen LogP contribution in [0.3, 0.4) is 0 Å². The Balaban J connectivity index is 1.31. The van der Waals surface area contributed by atoms with Crippen LogP contribution in [0.15, 0.2) is 53.6 Å². The second-order valence-corrected chi connectivity index (χ2v) is 7.80. The van der Waals surface area contributed by atoms with E-state index in [0.717, 1.165) is 18.4 Å². The predicted octanol–water partition coefficient (Wildman–Crippen LogP) is 3.17. The predicted molar refractivity (Wildman–Crippen MR) is 115 cm³/mol. The maximum absolute atomic E-state index is 13.0. The molecule has 7 nitrogen and oxygen atoms in total. The Labute approximate surface area is 179 Å². The number of urea groups is 1. The molecule has 1 N–H and O–H groups in total. The van der Waals surface area contributed by atoms with E-state index < -0.39 is 0 Å². The summed E-state index contributed by atoms with van der Waals surface area (Å²) in [6, 6.07) is 11.2. The SMILES string of the molecule is COc1ccc2c(=O)n(CC3CCN(C(=O)NCc4ccc(F)cc4)CC3)cnc2c1. The van der Waals surface area contributed by atoms with Gasteiger partial charge in [-0.1, -0.05) is 12.1 Å². The minimum atomic E-state index is -0.294. The van der Waals surface area contributed by atoms with Gasteiger partial charge in [-0.05, 0) is 48.6 Å². The summed E-state index contributed by atoms with van der Waals surface area (Å²) in [4.78, 5) is 31.4. The summed E-state index contributed by atoms with van der Waals surface area (Å²) < 4.78 is 19.8. The zero-order valence-electron chi connectivity index (χ0n) is 17.4. The van der Waals surface area contributed by atoms with Crippen molar-refractivity contribution in [3.05, 3.63) is 70.5 Å². The molecule has 0 radical (unpaired) electrons. The van der Waals surface area contributed by atoms with Crippen LogP contribution >= 0.6 is 0 Å². The van der Waals surface area contributed by atoms with E-state index in [1.807, 2.05) is 0 Å². The van der Waals surface area contributed by atoms with Crippen molar-refractivity contribution in [2.45, 2.75) is 25.9 Å². The second kappa shape index (κ2) is 9.16. The summed E-state index contributed by atoms with van der Waals surface area (Å²) in [5.74, 6) is 0.677. The number of methoxy groups -OCH3 is 1. The first-order chi connectivity index (χ1) is 15.0. The number of carbonyl (C=O) groups excluding carboxylic acids is 1. The third kappa shape index (κ3) is 4.84. The minimum absolute atomic E-state index is 0.0628. The van der Waals surface area contributed by atoms with Gasteiger partial charge in [0.1, 0.15) is 11.6 Å². The molecule has 1 aliphatic heterocycles. The lowest BCUT2D eigenvalue weighted by Crippen LogP contribution is -2.45. The van der Waals surface area contributed by atoms with Gasteiger partial charge in [0.05, 0.1) is 24.3 Å². The minimum Gasteiger partial charge on any atom is -0.497 e. The number of ether oxygens (including phenoxy) is 1. The molecule has 1 aromatic heterocycles. The lowest BCUT2D eigenvalue weighted by Gasteiger charge is -2.32. The molecule has 0 unspecified atom stereocenters. The highest BCUT2D eigenvalue weighted by atomic mass is 19.1. The van der Waals surface area contributed by atoms with Crippen LogP contribution in [0.2, 0.25) is 0 Å². The number of amides is 2. The van der Waals surface area contributed by atoms with E-state index in [4.69, 9.17) is 4.74 Å². The zero-order chi connectivity index (χ0) is 21.8. The molecule has 1 saturated heterocycles. The maximum atomic E-state index is 13.0. The normalized spacial score (nSPS) is 14.6. The van der Waals surface area contributed by atoms with Crippen molar-refractivity contribution < 1.29 is 13.9 Å². The van der Waals surface area contributed by atoms with E-state index in [1.165, 1.54) is 12.1 Å². The topological polar surface area (TPSA) is 76.5 Å². The smallest absolute Gasteiger partial charge is 0.317 e. The van der Waals surface area contributed by atoms with Crippen molar-refractivity contribution in [1.29, 1.82) is 0 Å². The average Bonchev–Trinajstić information content (AvgIpc) is 2.80. The molecule has 162 valence electrons. The Kier molecular flexibility index (Phi) is 6.16. The molecule has 4 rings (SSSR count). The molecule has 3 aromatic rings. The molecular weight excluding hydrogens is 399 g/mol. The molecular formula is C23H25FN4O3. The summed E-state index contributed by atoms with van der Waals surface area (Å²) in [6.07, 6.45) is 3.22. The monoisotopic (exact) mass is 424 g/mol. The third-order valence-corrected chi connectivity index (χ3v) is 5.75. The van der Waals surface area contributed by atoms with Gasteiger partial charge < -0.3 is 15.0 Å². The Morgan fingerprint density at radius 3 is 2.65 bits per heavy atom. The summed E-state index contributed by atoms with van der Waals surface area (Å²) >= 11 is 0. The molecule has 2 amide bonds. The van der Waals surface area contributed by atoms with Gasteiger partial charge in [0, 0.05) is 32.2 Å². The highest BCUT2D eigenvalue weighted by molar-refractivity contribution is 5.78. The first-order valence-corrected chi connectivity index (χ1v) is 10.3. The summed E-state index contributed by atoms with van der Waals surface area (Å²) in [6.45, 7) is 2.21. The van der Waals surface area contributed by atoms with E-state index in [2.05, 4.69) is 10.3 Å². The number of aromatic nitrogens is 2. The van der Waals surface area contributed by atoms with E-state index >= 15 is 0 Å². The number of piperidine rings is 1. The number of fused-ring (bicyclic) bond motifs is 1. The van der Waals surface area contributed by atoms with Crippen molar-refractivity contribution in [3.63, 3.8) is 0 Å². The Morgan fingerprint density at radius 2 is 1.94 bits per heavy atom. The molecule has 0 spiro atoms. The standard InChI is InChI=1S/C23H25FN4O3/c1-31-19-6-7-20-21(12-19)26-15-28(22(20)29)14-17-8-10-27(11-9-17)23(30)25-13-16-2-4-18(24)5-3-16/h2-7,12,15,17H,8-11,13-14H2,1H3,(H,25,30). The number of carbonyl (C=O) groups is 1. The van der Waals surface area contributed by atoms with Crippen molar-refractivity contribution in [3.8, 4) is 5.75 Å². The van der Waals surface area contributed by atoms with Gasteiger partial charge >= 0.3 is 6.03 Å². The zero-order valence-corrected chi connectivity index (χ0v) is 17.4. The summed E-state index contributed by atoms with van der Waals surface area (Å²) in [7, 11) is 1.58. The molecule has 1 fully saturated rings. The average molecular weight is 424 g/mol. The number of halogens is 1. The van der Waals surface area contributed by atoms with Gasteiger partial charge in [0.25, 0.3) is 5.56 Å². The van der Waals surface area contributed by atoms with Crippen LogP contribution in [0.5, 0.6) is 5.75 Å². The van der Waals surface area contributed by atoms with Crippen molar-refractivity contribution in [1.82, 2.24) is 19.8 Å². The van der Waals surface area contributed by atoms with Crippen LogP contribution in [-0.2, 0) is 13.1 Å². The van der Waals surface area contributed by atoms with Crippen LogP contribution < -0.4 is 15.6 Å². The van der Waals surface area contributed by atoms with Crippen LogP contribution in [0.4, 0.5) is 9.18 Å². The first-order valence-electron chi connectivity index (χ1n) is 10.3. The Bertz CT molecular complexity index is 1120. The van der Waals surface area contributed by atoms with E-state index in [0.29, 0.717) is 48.7 Å². The van der Waals surface area contributed by atoms with E-state index in [9.17, 15) is 14.0 Å². The number of hydrogen-bond acceptors (Lipinski definition) is 4. The second-order valence-electron chi connectivity index (χ2n) is 7.80. The molecule has 2 heterocycles. The number of rotatable bonds is 5. The fourth-order valence-corrected chi connectivity index (χ4v) is 3.88. The number of likely N-dealkylation sites (tertiary alicyclic amines) is 1. The van der Waals surface area contributed by atoms with Gasteiger partial charge in [-0.15, -0.1) is 0 Å². The van der Waals surface area contributed by atoms with Gasteiger partial charge in [0.2, 0.25) is 0 Å². The first kappa shape index (κ1) is 20.8. The highest BCUT2D eigenvalue weighted by Crippen LogP contribution is 2.20. The molecule has 0 bridgehead atoms. The lowest BCUT2D eigenvalue weighted by atomic mass is 9.97. The Morgan fingerprint density at radius 1 is 1.19 bits per heavy atom. The molecule has 31 heavy (non-hydrogen) atoms. The number of hydrogen-bond donors (Lipinski definition) is 1. The van der Waals surface area contributed by atoms with Crippen LogP contribution in [0.1, 0.15) is 18.4 Å². The van der Waals surface area contributed by atoms with E-state index in [1.54, 1.807) is 53.2 Å². The summed E-state index contributed by atoms with van der Waals surface area (Å²) in [5, 5.41) is 3.45. The molecule has 1 aliphatic rings. The summed E-state index contributed by atoms with van der Waals surface area (Å²) in [5.41, 5.74) is 1.41. The molecule has 2 aromatic carbocycles. The quantitative estimate of drug-likeness (QED) is 0.683. The van der Waals surface area contributed by atoms with Crippen LogP contribution in [0, 0.1) is 11.7 Å². The largest absolute Gasteiger partial charge is 0.497 e.